The van der Waals surface area contributed by atoms with Gasteiger partial charge in [0.2, 0.25) is 5.88 Å². The number of halogens is 3. The van der Waals surface area contributed by atoms with Crippen LogP contribution in [0.15, 0.2) is 24.3 Å². The summed E-state index contributed by atoms with van der Waals surface area (Å²) in [6, 6.07) is 5.82. The molecule has 0 amide bonds. The summed E-state index contributed by atoms with van der Waals surface area (Å²) < 4.78 is 18.8. The fourth-order valence-electron chi connectivity index (χ4n) is 1.60. The number of pyridine rings is 1. The van der Waals surface area contributed by atoms with Crippen molar-refractivity contribution in [3.63, 3.8) is 0 Å². The van der Waals surface area contributed by atoms with E-state index in [4.69, 9.17) is 27.9 Å². The maximum atomic E-state index is 13.2. The Hall–Kier alpha value is -1.52. The van der Waals surface area contributed by atoms with E-state index in [9.17, 15) is 4.39 Å². The third kappa shape index (κ3) is 3.32. The van der Waals surface area contributed by atoms with E-state index in [0.717, 1.165) is 5.56 Å². The summed E-state index contributed by atoms with van der Waals surface area (Å²) in [5.41, 5.74) is 0.782. The lowest BCUT2D eigenvalue weighted by atomic mass is 10.2. The van der Waals surface area contributed by atoms with Gasteiger partial charge in [-0.3, -0.25) is 0 Å². The summed E-state index contributed by atoms with van der Waals surface area (Å²) in [6.07, 6.45) is 0. The zero-order chi connectivity index (χ0) is 14.7. The van der Waals surface area contributed by atoms with Crippen molar-refractivity contribution in [2.75, 3.05) is 11.9 Å². The van der Waals surface area contributed by atoms with Gasteiger partial charge in [-0.25, -0.2) is 4.39 Å². The summed E-state index contributed by atoms with van der Waals surface area (Å²) in [7, 11) is 0. The molecule has 1 heterocycles. The molecule has 0 saturated carbocycles. The molecule has 0 unspecified atom stereocenters. The summed E-state index contributed by atoms with van der Waals surface area (Å²) in [5, 5.41) is 3.67. The Labute approximate surface area is 126 Å². The van der Waals surface area contributed by atoms with E-state index >= 15 is 0 Å². The van der Waals surface area contributed by atoms with Crippen LogP contribution in [-0.2, 0) is 0 Å². The molecule has 1 aromatic carbocycles. The number of nitrogens with one attached hydrogen (secondary N) is 1. The van der Waals surface area contributed by atoms with Gasteiger partial charge in [-0.1, -0.05) is 29.3 Å². The maximum Gasteiger partial charge on any atom is 0.240 e. The second kappa shape index (κ2) is 6.29. The topological polar surface area (TPSA) is 34.2 Å². The molecule has 0 bridgehead atoms. The normalized spacial score (nSPS) is 10.4. The molecule has 6 heteroatoms. The summed E-state index contributed by atoms with van der Waals surface area (Å²) in [4.78, 5) is 4.21. The summed E-state index contributed by atoms with van der Waals surface area (Å²) in [5.74, 6) is 0.634. The van der Waals surface area contributed by atoms with Gasteiger partial charge in [0.1, 0.15) is 22.4 Å². The molecule has 0 spiro atoms. The molecule has 0 radical (unpaired) electrons. The van der Waals surface area contributed by atoms with Crippen LogP contribution in [0.3, 0.4) is 0 Å². The van der Waals surface area contributed by atoms with Crippen LogP contribution in [0.1, 0.15) is 12.5 Å². The molecule has 1 aromatic heterocycles. The first-order chi connectivity index (χ1) is 9.51. The lowest BCUT2D eigenvalue weighted by Crippen LogP contribution is -2.02. The largest absolute Gasteiger partial charge is 0.437 e. The highest BCUT2D eigenvalue weighted by molar-refractivity contribution is 6.36. The van der Waals surface area contributed by atoms with Crippen molar-refractivity contribution in [3.8, 4) is 11.6 Å². The summed E-state index contributed by atoms with van der Waals surface area (Å²) >= 11 is 12.1. The standard InChI is InChI=1S/C14H13Cl2FN2O/c1-3-18-13-10(15)7-11(16)14(19-13)20-12-6-9(17)5-4-8(12)2/h4-7H,3H2,1-2H3,(H,18,19). The number of hydrogen-bond acceptors (Lipinski definition) is 3. The van der Waals surface area contributed by atoms with Gasteiger partial charge in [-0.2, -0.15) is 4.98 Å². The van der Waals surface area contributed by atoms with Gasteiger partial charge in [-0.05, 0) is 31.5 Å². The number of rotatable bonds is 4. The van der Waals surface area contributed by atoms with Crippen molar-refractivity contribution in [1.29, 1.82) is 0 Å². The molecule has 2 aromatic rings. The first kappa shape index (κ1) is 14.9. The molecule has 0 aliphatic carbocycles. The zero-order valence-corrected chi connectivity index (χ0v) is 12.5. The molecule has 0 aliphatic rings. The molecule has 0 atom stereocenters. The zero-order valence-electron chi connectivity index (χ0n) is 11.0. The first-order valence-electron chi connectivity index (χ1n) is 6.05. The molecular weight excluding hydrogens is 302 g/mol. The average Bonchev–Trinajstić information content (AvgIpc) is 2.39. The minimum absolute atomic E-state index is 0.181. The molecule has 0 saturated heterocycles. The van der Waals surface area contributed by atoms with Crippen LogP contribution in [0.25, 0.3) is 0 Å². The van der Waals surface area contributed by atoms with E-state index in [2.05, 4.69) is 10.3 Å². The molecule has 2 rings (SSSR count). The van der Waals surface area contributed by atoms with Crippen LogP contribution >= 0.6 is 23.2 Å². The van der Waals surface area contributed by atoms with Crippen molar-refractivity contribution >= 4 is 29.0 Å². The highest BCUT2D eigenvalue weighted by Crippen LogP contribution is 2.34. The fraction of sp³-hybridized carbons (Fsp3) is 0.214. The number of ether oxygens (including phenoxy) is 1. The van der Waals surface area contributed by atoms with E-state index in [1.165, 1.54) is 18.2 Å². The van der Waals surface area contributed by atoms with Gasteiger partial charge < -0.3 is 10.1 Å². The molecular formula is C14H13Cl2FN2O. The smallest absolute Gasteiger partial charge is 0.240 e. The predicted octanol–water partition coefficient (Wildman–Crippen LogP) is 5.06. The van der Waals surface area contributed by atoms with Crippen LogP contribution in [0.5, 0.6) is 11.6 Å². The van der Waals surface area contributed by atoms with Crippen molar-refractivity contribution in [1.82, 2.24) is 4.98 Å². The first-order valence-corrected chi connectivity index (χ1v) is 6.80. The van der Waals surface area contributed by atoms with E-state index in [0.29, 0.717) is 23.1 Å². The monoisotopic (exact) mass is 314 g/mol. The highest BCUT2D eigenvalue weighted by atomic mass is 35.5. The third-order valence-corrected chi connectivity index (χ3v) is 3.16. The maximum absolute atomic E-state index is 13.2. The van der Waals surface area contributed by atoms with E-state index in [-0.39, 0.29) is 16.7 Å². The Morgan fingerprint density at radius 1 is 1.25 bits per heavy atom. The van der Waals surface area contributed by atoms with Gasteiger partial charge in [0, 0.05) is 12.6 Å². The van der Waals surface area contributed by atoms with Crippen molar-refractivity contribution in [2.24, 2.45) is 0 Å². The van der Waals surface area contributed by atoms with Gasteiger partial charge >= 0.3 is 0 Å². The number of hydrogen-bond donors (Lipinski definition) is 1. The van der Waals surface area contributed by atoms with E-state index in [1.807, 2.05) is 13.8 Å². The number of anilines is 1. The SMILES string of the molecule is CCNc1nc(Oc2cc(F)ccc2C)c(Cl)cc1Cl. The average molecular weight is 315 g/mol. The molecule has 106 valence electrons. The number of aryl methyl sites for hydroxylation is 1. The van der Waals surface area contributed by atoms with E-state index in [1.54, 1.807) is 6.07 Å². The Kier molecular flexibility index (Phi) is 4.68. The molecule has 3 nitrogen and oxygen atoms in total. The second-order valence-electron chi connectivity index (χ2n) is 4.15. The molecule has 1 N–H and O–H groups in total. The van der Waals surface area contributed by atoms with Gasteiger partial charge in [0.25, 0.3) is 0 Å². The van der Waals surface area contributed by atoms with Crippen molar-refractivity contribution in [3.05, 3.63) is 45.7 Å². The third-order valence-electron chi connectivity index (χ3n) is 2.60. The molecule has 0 fully saturated rings. The van der Waals surface area contributed by atoms with Crippen molar-refractivity contribution in [2.45, 2.75) is 13.8 Å². The van der Waals surface area contributed by atoms with Crippen LogP contribution in [0, 0.1) is 12.7 Å². The Morgan fingerprint density at radius 2 is 2.00 bits per heavy atom. The highest BCUT2D eigenvalue weighted by Gasteiger charge is 2.12. The number of aromatic nitrogens is 1. The Balaban J connectivity index is 2.37. The van der Waals surface area contributed by atoms with Crippen LogP contribution in [0.4, 0.5) is 10.2 Å². The summed E-state index contributed by atoms with van der Waals surface area (Å²) in [6.45, 7) is 4.39. The van der Waals surface area contributed by atoms with Gasteiger partial charge in [0.05, 0.1) is 5.02 Å². The Bertz CT molecular complexity index is 635. The Morgan fingerprint density at radius 3 is 2.70 bits per heavy atom. The predicted molar refractivity (Wildman–Crippen MR) is 79.6 cm³/mol. The van der Waals surface area contributed by atoms with Crippen LogP contribution < -0.4 is 10.1 Å². The van der Waals surface area contributed by atoms with Crippen molar-refractivity contribution < 1.29 is 9.13 Å². The lowest BCUT2D eigenvalue weighted by molar-refractivity contribution is 0.455. The minimum Gasteiger partial charge on any atom is -0.437 e. The number of nitrogens with zero attached hydrogens (tertiary/aromatic N) is 1. The second-order valence-corrected chi connectivity index (χ2v) is 4.96. The quantitative estimate of drug-likeness (QED) is 0.856. The van der Waals surface area contributed by atoms with Crippen LogP contribution in [0.2, 0.25) is 10.0 Å². The molecule has 0 aliphatic heterocycles. The minimum atomic E-state index is -0.386. The van der Waals surface area contributed by atoms with Gasteiger partial charge in [-0.15, -0.1) is 0 Å². The fourth-order valence-corrected chi connectivity index (χ4v) is 2.06. The van der Waals surface area contributed by atoms with Crippen LogP contribution in [-0.4, -0.2) is 11.5 Å². The molecule has 20 heavy (non-hydrogen) atoms. The van der Waals surface area contributed by atoms with Gasteiger partial charge in [0.15, 0.2) is 0 Å². The van der Waals surface area contributed by atoms with E-state index < -0.39 is 0 Å². The lowest BCUT2D eigenvalue weighted by Gasteiger charge is -2.12. The number of benzene rings is 1.